The molecule has 0 aliphatic heterocycles. The van der Waals surface area contributed by atoms with Crippen LogP contribution in [0.4, 0.5) is 5.13 Å². The minimum atomic E-state index is -0.445. The fourth-order valence-electron chi connectivity index (χ4n) is 1.23. The van der Waals surface area contributed by atoms with Gasteiger partial charge in [-0.25, -0.2) is 9.78 Å². The smallest absolute Gasteiger partial charge is 0.350 e. The SMILES string of the molecule is Cc1nc(NC(=O)CC(N)=S)sc1C(=O)OC(C)C. The third-order valence-corrected chi connectivity index (χ3v) is 3.10. The van der Waals surface area contributed by atoms with Crippen molar-refractivity contribution >= 4 is 45.6 Å². The van der Waals surface area contributed by atoms with E-state index in [0.29, 0.717) is 15.7 Å². The lowest BCUT2D eigenvalue weighted by Gasteiger charge is -2.05. The van der Waals surface area contributed by atoms with E-state index in [0.717, 1.165) is 11.3 Å². The van der Waals surface area contributed by atoms with Gasteiger partial charge in [0.05, 0.1) is 23.2 Å². The molecule has 0 aliphatic rings. The van der Waals surface area contributed by atoms with Crippen LogP contribution in [-0.2, 0) is 9.53 Å². The number of carbonyl (C=O) groups is 2. The summed E-state index contributed by atoms with van der Waals surface area (Å²) in [6, 6.07) is 0. The number of esters is 1. The second-order valence-corrected chi connectivity index (χ2v) is 5.60. The summed E-state index contributed by atoms with van der Waals surface area (Å²) in [5.74, 6) is -0.801. The maximum absolute atomic E-state index is 11.7. The van der Waals surface area contributed by atoms with Crippen LogP contribution in [0.1, 0.15) is 35.6 Å². The lowest BCUT2D eigenvalue weighted by atomic mass is 10.4. The Balaban J connectivity index is 2.76. The minimum Gasteiger partial charge on any atom is -0.459 e. The number of carbonyl (C=O) groups excluding carboxylic acids is 2. The highest BCUT2D eigenvalue weighted by Crippen LogP contribution is 2.23. The zero-order valence-electron chi connectivity index (χ0n) is 10.9. The second-order valence-electron chi connectivity index (χ2n) is 4.08. The Morgan fingerprint density at radius 3 is 2.68 bits per heavy atom. The predicted molar refractivity (Wildman–Crippen MR) is 77.4 cm³/mol. The number of nitrogens with two attached hydrogens (primary N) is 1. The summed E-state index contributed by atoms with van der Waals surface area (Å²) in [6.07, 6.45) is -0.263. The number of hydrogen-bond acceptors (Lipinski definition) is 6. The van der Waals surface area contributed by atoms with Crippen molar-refractivity contribution < 1.29 is 14.3 Å². The molecule has 0 saturated carbocycles. The number of aryl methyl sites for hydroxylation is 1. The molecule has 0 bridgehead atoms. The van der Waals surface area contributed by atoms with Gasteiger partial charge in [-0.15, -0.1) is 0 Å². The molecule has 1 amide bonds. The third-order valence-electron chi connectivity index (χ3n) is 1.91. The summed E-state index contributed by atoms with van der Waals surface area (Å²) in [5.41, 5.74) is 5.78. The number of hydrogen-bond donors (Lipinski definition) is 2. The van der Waals surface area contributed by atoms with Crippen LogP contribution < -0.4 is 11.1 Å². The molecule has 0 aromatic carbocycles. The highest BCUT2D eigenvalue weighted by atomic mass is 32.1. The van der Waals surface area contributed by atoms with Crippen molar-refractivity contribution in [1.82, 2.24) is 4.98 Å². The third kappa shape index (κ3) is 4.92. The van der Waals surface area contributed by atoms with E-state index in [1.165, 1.54) is 0 Å². The summed E-state index contributed by atoms with van der Waals surface area (Å²) < 4.78 is 5.08. The molecule has 1 aromatic heterocycles. The van der Waals surface area contributed by atoms with Crippen molar-refractivity contribution in [3.05, 3.63) is 10.6 Å². The largest absolute Gasteiger partial charge is 0.459 e. The minimum absolute atomic E-state index is 0.0558. The Hall–Kier alpha value is -1.54. The van der Waals surface area contributed by atoms with Gasteiger partial charge in [-0.3, -0.25) is 4.79 Å². The first-order valence-corrected chi connectivity index (χ1v) is 6.78. The molecule has 1 heterocycles. The number of nitrogens with zero attached hydrogens (tertiary/aromatic N) is 1. The lowest BCUT2D eigenvalue weighted by molar-refractivity contribution is -0.115. The van der Waals surface area contributed by atoms with E-state index in [1.54, 1.807) is 20.8 Å². The normalized spacial score (nSPS) is 10.3. The van der Waals surface area contributed by atoms with Crippen molar-refractivity contribution in [2.75, 3.05) is 5.32 Å². The molecule has 8 heteroatoms. The monoisotopic (exact) mass is 301 g/mol. The molecule has 0 atom stereocenters. The number of thiocarbonyl (C=S) groups is 1. The number of thiazole rings is 1. The zero-order valence-corrected chi connectivity index (χ0v) is 12.5. The molecule has 6 nitrogen and oxygen atoms in total. The highest BCUT2D eigenvalue weighted by molar-refractivity contribution is 7.80. The number of anilines is 1. The van der Waals surface area contributed by atoms with E-state index in [1.807, 2.05) is 0 Å². The summed E-state index contributed by atoms with van der Waals surface area (Å²) in [7, 11) is 0. The Morgan fingerprint density at radius 1 is 1.53 bits per heavy atom. The summed E-state index contributed by atoms with van der Waals surface area (Å²) in [5, 5.41) is 2.86. The Morgan fingerprint density at radius 2 is 2.16 bits per heavy atom. The van der Waals surface area contributed by atoms with Crippen LogP contribution in [0, 0.1) is 6.92 Å². The first-order chi connectivity index (χ1) is 8.79. The molecular formula is C11H15N3O3S2. The second kappa shape index (κ2) is 6.58. The van der Waals surface area contributed by atoms with Crippen molar-refractivity contribution in [3.8, 4) is 0 Å². The van der Waals surface area contributed by atoms with Gasteiger partial charge in [0, 0.05) is 0 Å². The Labute approximate surface area is 120 Å². The van der Waals surface area contributed by atoms with Crippen LogP contribution in [0.2, 0.25) is 0 Å². The van der Waals surface area contributed by atoms with Crippen molar-refractivity contribution in [3.63, 3.8) is 0 Å². The maximum atomic E-state index is 11.7. The van der Waals surface area contributed by atoms with Gasteiger partial charge in [-0.1, -0.05) is 23.6 Å². The van der Waals surface area contributed by atoms with Gasteiger partial charge in [-0.05, 0) is 20.8 Å². The van der Waals surface area contributed by atoms with E-state index >= 15 is 0 Å². The number of rotatable bonds is 5. The average molecular weight is 301 g/mol. The molecule has 0 radical (unpaired) electrons. The molecule has 0 spiro atoms. The molecule has 1 aromatic rings. The van der Waals surface area contributed by atoms with E-state index in [4.69, 9.17) is 10.5 Å². The molecule has 1 rings (SSSR count). The van der Waals surface area contributed by atoms with Crippen LogP contribution in [0.3, 0.4) is 0 Å². The van der Waals surface area contributed by atoms with Gasteiger partial charge < -0.3 is 15.8 Å². The zero-order chi connectivity index (χ0) is 14.6. The van der Waals surface area contributed by atoms with Crippen molar-refractivity contribution in [2.24, 2.45) is 5.73 Å². The summed E-state index contributed by atoms with van der Waals surface area (Å²) in [6.45, 7) is 5.20. The van der Waals surface area contributed by atoms with Crippen LogP contribution in [0.25, 0.3) is 0 Å². The fourth-order valence-corrected chi connectivity index (χ4v) is 2.23. The first kappa shape index (κ1) is 15.5. The van der Waals surface area contributed by atoms with E-state index in [9.17, 15) is 9.59 Å². The summed E-state index contributed by atoms with van der Waals surface area (Å²) in [4.78, 5) is 27.8. The van der Waals surface area contributed by atoms with Crippen molar-refractivity contribution in [1.29, 1.82) is 0 Å². The van der Waals surface area contributed by atoms with Gasteiger partial charge in [0.25, 0.3) is 0 Å². The topological polar surface area (TPSA) is 94.3 Å². The summed E-state index contributed by atoms with van der Waals surface area (Å²) >= 11 is 5.70. The number of nitrogens with one attached hydrogen (secondary N) is 1. The van der Waals surface area contributed by atoms with Crippen LogP contribution in [0.5, 0.6) is 0 Å². The molecule has 19 heavy (non-hydrogen) atoms. The standard InChI is InChI=1S/C11H15N3O3S2/c1-5(2)17-10(16)9-6(3)13-11(19-9)14-8(15)4-7(12)18/h5H,4H2,1-3H3,(H2,12,18)(H,13,14,15). The number of amides is 1. The molecule has 0 aliphatic carbocycles. The van der Waals surface area contributed by atoms with Crippen LogP contribution in [0.15, 0.2) is 0 Å². The predicted octanol–water partition coefficient (Wildman–Crippen LogP) is 1.63. The Kier molecular flexibility index (Phi) is 5.37. The fraction of sp³-hybridized carbons (Fsp3) is 0.455. The van der Waals surface area contributed by atoms with Gasteiger partial charge in [0.15, 0.2) is 5.13 Å². The van der Waals surface area contributed by atoms with Crippen molar-refractivity contribution in [2.45, 2.75) is 33.3 Å². The molecule has 0 saturated heterocycles. The van der Waals surface area contributed by atoms with E-state index in [-0.39, 0.29) is 23.4 Å². The van der Waals surface area contributed by atoms with Gasteiger partial charge in [-0.2, -0.15) is 0 Å². The van der Waals surface area contributed by atoms with Crippen LogP contribution >= 0.6 is 23.6 Å². The van der Waals surface area contributed by atoms with Crippen LogP contribution in [-0.4, -0.2) is 28.0 Å². The molecule has 3 N–H and O–H groups in total. The van der Waals surface area contributed by atoms with Gasteiger partial charge >= 0.3 is 5.97 Å². The first-order valence-electron chi connectivity index (χ1n) is 5.56. The molecule has 0 unspecified atom stereocenters. The van der Waals surface area contributed by atoms with Gasteiger partial charge in [0.2, 0.25) is 5.91 Å². The Bertz CT molecular complexity index is 511. The quantitative estimate of drug-likeness (QED) is 0.634. The van der Waals surface area contributed by atoms with Gasteiger partial charge in [0.1, 0.15) is 4.88 Å². The number of aromatic nitrogens is 1. The van der Waals surface area contributed by atoms with E-state index < -0.39 is 5.97 Å². The number of ether oxygens (including phenoxy) is 1. The van der Waals surface area contributed by atoms with E-state index in [2.05, 4.69) is 22.5 Å². The molecule has 104 valence electrons. The highest BCUT2D eigenvalue weighted by Gasteiger charge is 2.18. The maximum Gasteiger partial charge on any atom is 0.350 e. The molecule has 0 fully saturated rings. The molecular weight excluding hydrogens is 286 g/mol. The average Bonchev–Trinajstić information content (AvgIpc) is 2.56. The lowest BCUT2D eigenvalue weighted by Crippen LogP contribution is -2.19.